The van der Waals surface area contributed by atoms with Gasteiger partial charge in [0.2, 0.25) is 0 Å². The Bertz CT molecular complexity index is 248. The first kappa shape index (κ1) is 7.49. The lowest BCUT2D eigenvalue weighted by Crippen LogP contribution is -2.47. The van der Waals surface area contributed by atoms with Crippen LogP contribution in [0.3, 0.4) is 0 Å². The van der Waals surface area contributed by atoms with E-state index < -0.39 is 0 Å². The lowest BCUT2D eigenvalue weighted by Gasteiger charge is -2.38. The molecule has 2 heterocycles. The molecule has 0 bridgehead atoms. The molecule has 1 aliphatic rings. The van der Waals surface area contributed by atoms with Gasteiger partial charge in [0.05, 0.1) is 12.2 Å². The Balaban J connectivity index is 1.86. The highest BCUT2D eigenvalue weighted by molar-refractivity contribution is 4.88. The van der Waals surface area contributed by atoms with Gasteiger partial charge in [0, 0.05) is 25.8 Å². The molecule has 2 rings (SSSR count). The quantitative estimate of drug-likeness (QED) is 0.603. The van der Waals surface area contributed by atoms with Gasteiger partial charge in [-0.1, -0.05) is 11.3 Å². The molecule has 1 aromatic rings. The molecule has 0 spiro atoms. The van der Waals surface area contributed by atoms with Crippen LogP contribution in [0.5, 0.6) is 0 Å². The van der Waals surface area contributed by atoms with E-state index in [-0.39, 0.29) is 0 Å². The first-order valence-corrected chi connectivity index (χ1v) is 4.09. The number of likely N-dealkylation sites (tertiary alicyclic amines) is 1. The van der Waals surface area contributed by atoms with E-state index in [0.717, 1.165) is 19.6 Å². The average Bonchev–Trinajstić information content (AvgIpc) is 2.47. The maximum Gasteiger partial charge on any atom is 0.0790 e. The normalized spacial score (nSPS) is 19.0. The lowest BCUT2D eigenvalue weighted by atomic mass is 10.1. The third-order valence-corrected chi connectivity index (χ3v) is 2.14. The second-order valence-electron chi connectivity index (χ2n) is 3.04. The van der Waals surface area contributed by atoms with Crippen LogP contribution in [0.25, 0.3) is 0 Å². The first-order valence-electron chi connectivity index (χ1n) is 4.09. The van der Waals surface area contributed by atoms with Crippen LogP contribution in [0.1, 0.15) is 6.04 Å². The van der Waals surface area contributed by atoms with Crippen molar-refractivity contribution in [3.05, 3.63) is 25.0 Å². The topological polar surface area (TPSA) is 34.0 Å². The summed E-state index contributed by atoms with van der Waals surface area (Å²) in [6.07, 6.45) is 5.56. The SMILES string of the molecule is C=CCN1CC(n2ccnn2)C1. The first-order chi connectivity index (χ1) is 5.90. The van der Waals surface area contributed by atoms with E-state index in [4.69, 9.17) is 0 Å². The highest BCUT2D eigenvalue weighted by atomic mass is 15.5. The summed E-state index contributed by atoms with van der Waals surface area (Å²) < 4.78 is 1.92. The molecule has 4 nitrogen and oxygen atoms in total. The van der Waals surface area contributed by atoms with Crippen molar-refractivity contribution in [1.29, 1.82) is 0 Å². The van der Waals surface area contributed by atoms with Crippen LogP contribution < -0.4 is 0 Å². The Morgan fingerprint density at radius 1 is 1.58 bits per heavy atom. The molecule has 0 unspecified atom stereocenters. The minimum absolute atomic E-state index is 0.521. The molecule has 64 valence electrons. The molecule has 0 atom stereocenters. The molecular weight excluding hydrogens is 152 g/mol. The Kier molecular flexibility index (Phi) is 1.91. The van der Waals surface area contributed by atoms with E-state index in [1.165, 1.54) is 0 Å². The van der Waals surface area contributed by atoms with E-state index in [1.807, 2.05) is 17.0 Å². The fraction of sp³-hybridized carbons (Fsp3) is 0.500. The molecule has 4 heteroatoms. The summed E-state index contributed by atoms with van der Waals surface area (Å²) in [6.45, 7) is 6.80. The van der Waals surface area contributed by atoms with E-state index >= 15 is 0 Å². The summed E-state index contributed by atoms with van der Waals surface area (Å²) in [4.78, 5) is 2.32. The summed E-state index contributed by atoms with van der Waals surface area (Å²) >= 11 is 0. The van der Waals surface area contributed by atoms with E-state index in [1.54, 1.807) is 6.20 Å². The maximum atomic E-state index is 3.95. The third kappa shape index (κ3) is 1.25. The second kappa shape index (κ2) is 3.06. The lowest BCUT2D eigenvalue weighted by molar-refractivity contribution is 0.111. The Hall–Kier alpha value is -1.16. The number of hydrogen-bond donors (Lipinski definition) is 0. The predicted molar refractivity (Wildman–Crippen MR) is 45.7 cm³/mol. The van der Waals surface area contributed by atoms with Gasteiger partial charge in [-0.05, 0) is 0 Å². The fourth-order valence-corrected chi connectivity index (χ4v) is 1.45. The van der Waals surface area contributed by atoms with Crippen LogP contribution in [-0.2, 0) is 0 Å². The van der Waals surface area contributed by atoms with Gasteiger partial charge < -0.3 is 0 Å². The number of nitrogens with zero attached hydrogens (tertiary/aromatic N) is 4. The van der Waals surface area contributed by atoms with Crippen molar-refractivity contribution in [2.45, 2.75) is 6.04 Å². The van der Waals surface area contributed by atoms with Gasteiger partial charge >= 0.3 is 0 Å². The summed E-state index contributed by atoms with van der Waals surface area (Å²) in [5.41, 5.74) is 0. The zero-order valence-electron chi connectivity index (χ0n) is 6.93. The average molecular weight is 164 g/mol. The van der Waals surface area contributed by atoms with Crippen LogP contribution in [0.4, 0.5) is 0 Å². The Morgan fingerprint density at radius 3 is 3.00 bits per heavy atom. The van der Waals surface area contributed by atoms with Gasteiger partial charge in [0.25, 0.3) is 0 Å². The molecule has 1 fully saturated rings. The minimum atomic E-state index is 0.521. The molecule has 1 aromatic heterocycles. The standard InChI is InChI=1S/C8H12N4/c1-2-4-11-6-8(7-11)12-5-3-9-10-12/h2-3,5,8H,1,4,6-7H2. The smallest absolute Gasteiger partial charge is 0.0790 e. The molecule has 0 aliphatic carbocycles. The summed E-state index contributed by atoms with van der Waals surface area (Å²) in [7, 11) is 0. The number of hydrogen-bond acceptors (Lipinski definition) is 3. The van der Waals surface area contributed by atoms with Crippen LogP contribution in [0.2, 0.25) is 0 Å². The molecule has 0 N–H and O–H groups in total. The highest BCUT2D eigenvalue weighted by Gasteiger charge is 2.27. The largest absolute Gasteiger partial charge is 0.295 e. The molecule has 1 aliphatic heterocycles. The number of rotatable bonds is 3. The van der Waals surface area contributed by atoms with Crippen LogP contribution in [0.15, 0.2) is 25.0 Å². The maximum absolute atomic E-state index is 3.95. The zero-order chi connectivity index (χ0) is 8.39. The number of aromatic nitrogens is 3. The molecule has 0 radical (unpaired) electrons. The molecular formula is C8H12N4. The minimum Gasteiger partial charge on any atom is -0.295 e. The van der Waals surface area contributed by atoms with Gasteiger partial charge in [-0.15, -0.1) is 11.7 Å². The Morgan fingerprint density at radius 2 is 2.42 bits per heavy atom. The van der Waals surface area contributed by atoms with Gasteiger partial charge in [0.1, 0.15) is 0 Å². The van der Waals surface area contributed by atoms with Crippen molar-refractivity contribution in [2.24, 2.45) is 0 Å². The van der Waals surface area contributed by atoms with Crippen molar-refractivity contribution >= 4 is 0 Å². The zero-order valence-corrected chi connectivity index (χ0v) is 6.93. The third-order valence-electron chi connectivity index (χ3n) is 2.14. The van der Waals surface area contributed by atoms with Crippen molar-refractivity contribution in [3.63, 3.8) is 0 Å². The summed E-state index contributed by atoms with van der Waals surface area (Å²) in [5, 5.41) is 7.72. The molecule has 1 saturated heterocycles. The second-order valence-corrected chi connectivity index (χ2v) is 3.04. The van der Waals surface area contributed by atoms with Crippen molar-refractivity contribution in [2.75, 3.05) is 19.6 Å². The van der Waals surface area contributed by atoms with Crippen molar-refractivity contribution < 1.29 is 0 Å². The van der Waals surface area contributed by atoms with Crippen LogP contribution in [-0.4, -0.2) is 39.5 Å². The van der Waals surface area contributed by atoms with Crippen molar-refractivity contribution in [3.8, 4) is 0 Å². The van der Waals surface area contributed by atoms with Crippen molar-refractivity contribution in [1.82, 2.24) is 19.9 Å². The summed E-state index contributed by atoms with van der Waals surface area (Å²) in [6, 6.07) is 0.521. The van der Waals surface area contributed by atoms with Crippen LogP contribution >= 0.6 is 0 Å². The summed E-state index contributed by atoms with van der Waals surface area (Å²) in [5.74, 6) is 0. The molecule has 0 saturated carbocycles. The predicted octanol–water partition coefficient (Wildman–Crippen LogP) is 0.321. The monoisotopic (exact) mass is 164 g/mol. The molecule has 0 amide bonds. The van der Waals surface area contributed by atoms with Crippen LogP contribution in [0, 0.1) is 0 Å². The highest BCUT2D eigenvalue weighted by Crippen LogP contribution is 2.18. The molecule has 12 heavy (non-hydrogen) atoms. The van der Waals surface area contributed by atoms with E-state index in [9.17, 15) is 0 Å². The van der Waals surface area contributed by atoms with Gasteiger partial charge in [-0.25, -0.2) is 4.68 Å². The van der Waals surface area contributed by atoms with E-state index in [2.05, 4.69) is 21.8 Å². The van der Waals surface area contributed by atoms with Gasteiger partial charge in [-0.3, -0.25) is 4.90 Å². The fourth-order valence-electron chi connectivity index (χ4n) is 1.45. The molecule has 0 aromatic carbocycles. The Labute approximate surface area is 71.5 Å². The van der Waals surface area contributed by atoms with E-state index in [0.29, 0.717) is 6.04 Å². The van der Waals surface area contributed by atoms with Gasteiger partial charge in [0.15, 0.2) is 0 Å². The van der Waals surface area contributed by atoms with Gasteiger partial charge in [-0.2, -0.15) is 0 Å².